The minimum absolute atomic E-state index is 0.0876. The Bertz CT molecular complexity index is 742. The fourth-order valence-electron chi connectivity index (χ4n) is 1.96. The molecule has 0 N–H and O–H groups in total. The summed E-state index contributed by atoms with van der Waals surface area (Å²) in [6.07, 6.45) is -3.25. The van der Waals surface area contributed by atoms with E-state index in [1.165, 1.54) is 13.1 Å². The maximum atomic E-state index is 13.0. The average Bonchev–Trinajstić information content (AvgIpc) is 2.91. The molecule has 2 aromatic heterocycles. The summed E-state index contributed by atoms with van der Waals surface area (Å²) in [6.45, 7) is 1.39. The van der Waals surface area contributed by atoms with Crippen LogP contribution < -0.4 is 0 Å². The van der Waals surface area contributed by atoms with Crippen molar-refractivity contribution < 1.29 is 13.2 Å². The number of halogens is 3. The minimum atomic E-state index is -4.45. The molecule has 0 bridgehead atoms. The fraction of sp³-hybridized carbons (Fsp3) is 0.167. The van der Waals surface area contributed by atoms with Crippen LogP contribution in [0.1, 0.15) is 11.3 Å². The van der Waals surface area contributed by atoms with E-state index in [2.05, 4.69) is 9.47 Å². The SMILES string of the molecule is Cc1cnn(-c2nsc3ccccc23)c1C(F)(F)F. The van der Waals surface area contributed by atoms with Crippen molar-refractivity contribution in [3.63, 3.8) is 0 Å². The quantitative estimate of drug-likeness (QED) is 0.680. The lowest BCUT2D eigenvalue weighted by molar-refractivity contribution is -0.143. The number of hydrogen-bond donors (Lipinski definition) is 0. The maximum Gasteiger partial charge on any atom is 0.433 e. The van der Waals surface area contributed by atoms with Gasteiger partial charge in [0, 0.05) is 5.39 Å². The smallest absolute Gasteiger partial charge is 0.208 e. The van der Waals surface area contributed by atoms with Crippen LogP contribution in [0.25, 0.3) is 15.9 Å². The molecule has 0 fully saturated rings. The molecule has 2 heterocycles. The van der Waals surface area contributed by atoms with E-state index in [-0.39, 0.29) is 11.4 Å². The van der Waals surface area contributed by atoms with Crippen molar-refractivity contribution in [3.8, 4) is 5.82 Å². The summed E-state index contributed by atoms with van der Waals surface area (Å²) in [7, 11) is 0. The Balaban J connectivity index is 2.29. The van der Waals surface area contributed by atoms with Crippen molar-refractivity contribution in [3.05, 3.63) is 41.7 Å². The van der Waals surface area contributed by atoms with E-state index in [1.807, 2.05) is 12.1 Å². The van der Waals surface area contributed by atoms with Crippen LogP contribution in [0.2, 0.25) is 0 Å². The monoisotopic (exact) mass is 283 g/mol. The highest BCUT2D eigenvalue weighted by Gasteiger charge is 2.38. The third-order valence-electron chi connectivity index (χ3n) is 2.78. The van der Waals surface area contributed by atoms with Gasteiger partial charge < -0.3 is 0 Å². The first-order valence-electron chi connectivity index (χ1n) is 5.45. The summed E-state index contributed by atoms with van der Waals surface area (Å²) in [4.78, 5) is 0. The first kappa shape index (κ1) is 12.2. The number of benzene rings is 1. The summed E-state index contributed by atoms with van der Waals surface area (Å²) in [5.41, 5.74) is -0.687. The van der Waals surface area contributed by atoms with E-state index in [0.717, 1.165) is 20.9 Å². The predicted molar refractivity (Wildman–Crippen MR) is 66.5 cm³/mol. The molecule has 0 aliphatic heterocycles. The summed E-state index contributed by atoms with van der Waals surface area (Å²) < 4.78 is 44.9. The van der Waals surface area contributed by atoms with Crippen molar-refractivity contribution in [2.75, 3.05) is 0 Å². The van der Waals surface area contributed by atoms with Crippen LogP contribution in [0.15, 0.2) is 30.5 Å². The van der Waals surface area contributed by atoms with Crippen LogP contribution >= 0.6 is 11.5 Å². The maximum absolute atomic E-state index is 13.0. The third kappa shape index (κ3) is 1.90. The number of rotatable bonds is 1. The molecule has 0 atom stereocenters. The van der Waals surface area contributed by atoms with Crippen LogP contribution in [0, 0.1) is 6.92 Å². The van der Waals surface area contributed by atoms with Crippen LogP contribution in [-0.2, 0) is 6.18 Å². The summed E-state index contributed by atoms with van der Waals surface area (Å²) in [5.74, 6) is 0.223. The zero-order chi connectivity index (χ0) is 13.6. The second-order valence-electron chi connectivity index (χ2n) is 4.09. The van der Waals surface area contributed by atoms with E-state index in [9.17, 15) is 13.2 Å². The van der Waals surface area contributed by atoms with Gasteiger partial charge in [0.2, 0.25) is 0 Å². The van der Waals surface area contributed by atoms with Crippen LogP contribution in [-0.4, -0.2) is 14.2 Å². The lowest BCUT2D eigenvalue weighted by Gasteiger charge is -2.09. The van der Waals surface area contributed by atoms with Crippen molar-refractivity contribution in [2.45, 2.75) is 13.1 Å². The van der Waals surface area contributed by atoms with Gasteiger partial charge in [0.05, 0.1) is 10.9 Å². The molecule has 0 aliphatic carbocycles. The Morgan fingerprint density at radius 3 is 2.68 bits per heavy atom. The number of fused-ring (bicyclic) bond motifs is 1. The second-order valence-corrected chi connectivity index (χ2v) is 4.89. The highest BCUT2D eigenvalue weighted by Crippen LogP contribution is 2.35. The number of alkyl halides is 3. The van der Waals surface area contributed by atoms with Crippen LogP contribution in [0.4, 0.5) is 13.2 Å². The molecular formula is C12H8F3N3S. The molecule has 7 heteroatoms. The van der Waals surface area contributed by atoms with Gasteiger partial charge in [-0.15, -0.1) is 0 Å². The first-order valence-corrected chi connectivity index (χ1v) is 6.22. The number of aromatic nitrogens is 3. The third-order valence-corrected chi connectivity index (χ3v) is 3.60. The lowest BCUT2D eigenvalue weighted by atomic mass is 10.2. The Morgan fingerprint density at radius 2 is 1.95 bits per heavy atom. The van der Waals surface area contributed by atoms with Gasteiger partial charge in [-0.05, 0) is 36.2 Å². The molecule has 19 heavy (non-hydrogen) atoms. The number of aryl methyl sites for hydroxylation is 1. The molecule has 0 amide bonds. The average molecular weight is 283 g/mol. The van der Waals surface area contributed by atoms with Crippen LogP contribution in [0.5, 0.6) is 0 Å². The molecule has 3 aromatic rings. The molecule has 0 saturated carbocycles. The molecule has 0 saturated heterocycles. The minimum Gasteiger partial charge on any atom is -0.208 e. The van der Waals surface area contributed by atoms with Gasteiger partial charge in [0.1, 0.15) is 0 Å². The first-order chi connectivity index (χ1) is 8.98. The van der Waals surface area contributed by atoms with E-state index in [1.54, 1.807) is 12.1 Å². The Kier molecular flexibility index (Phi) is 2.60. The zero-order valence-electron chi connectivity index (χ0n) is 9.77. The van der Waals surface area contributed by atoms with Crippen molar-refractivity contribution in [1.82, 2.24) is 14.2 Å². The Labute approximate surface area is 110 Å². The Hall–Kier alpha value is -1.89. The largest absolute Gasteiger partial charge is 0.433 e. The van der Waals surface area contributed by atoms with Gasteiger partial charge in [-0.25, -0.2) is 4.68 Å². The highest BCUT2D eigenvalue weighted by molar-refractivity contribution is 7.13. The molecule has 1 aromatic carbocycles. The summed E-state index contributed by atoms with van der Waals surface area (Å²) in [5, 5.41) is 4.48. The predicted octanol–water partition coefficient (Wildman–Crippen LogP) is 3.81. The van der Waals surface area contributed by atoms with Gasteiger partial charge in [-0.3, -0.25) is 0 Å². The topological polar surface area (TPSA) is 30.7 Å². The summed E-state index contributed by atoms with van der Waals surface area (Å²) >= 11 is 1.16. The molecule has 3 nitrogen and oxygen atoms in total. The van der Waals surface area contributed by atoms with Crippen molar-refractivity contribution in [1.29, 1.82) is 0 Å². The van der Waals surface area contributed by atoms with Gasteiger partial charge in [-0.2, -0.15) is 22.6 Å². The standard InChI is InChI=1S/C12H8F3N3S/c1-7-6-16-18(10(7)12(13,14)15)11-8-4-2-3-5-9(8)19-17-11/h2-6H,1H3. The molecule has 0 unspecified atom stereocenters. The molecule has 0 spiro atoms. The van der Waals surface area contributed by atoms with Crippen LogP contribution in [0.3, 0.4) is 0 Å². The van der Waals surface area contributed by atoms with Gasteiger partial charge in [-0.1, -0.05) is 12.1 Å². The summed E-state index contributed by atoms with van der Waals surface area (Å²) in [6, 6.07) is 7.15. The lowest BCUT2D eigenvalue weighted by Crippen LogP contribution is -2.14. The van der Waals surface area contributed by atoms with Crippen molar-refractivity contribution in [2.24, 2.45) is 0 Å². The molecule has 3 rings (SSSR count). The second kappa shape index (κ2) is 4.06. The van der Waals surface area contributed by atoms with E-state index < -0.39 is 11.9 Å². The van der Waals surface area contributed by atoms with Gasteiger partial charge in [0.15, 0.2) is 11.5 Å². The zero-order valence-corrected chi connectivity index (χ0v) is 10.6. The van der Waals surface area contributed by atoms with Crippen molar-refractivity contribution >= 4 is 21.6 Å². The van der Waals surface area contributed by atoms with E-state index >= 15 is 0 Å². The molecule has 0 aliphatic rings. The molecule has 98 valence electrons. The molecular weight excluding hydrogens is 275 g/mol. The normalized spacial score (nSPS) is 12.2. The van der Waals surface area contributed by atoms with E-state index in [0.29, 0.717) is 5.39 Å². The fourth-order valence-corrected chi connectivity index (χ4v) is 2.72. The number of nitrogens with zero attached hydrogens (tertiary/aromatic N) is 3. The Morgan fingerprint density at radius 1 is 1.21 bits per heavy atom. The van der Waals surface area contributed by atoms with Gasteiger partial charge >= 0.3 is 6.18 Å². The number of hydrogen-bond acceptors (Lipinski definition) is 3. The van der Waals surface area contributed by atoms with E-state index in [4.69, 9.17) is 0 Å². The van der Waals surface area contributed by atoms with Gasteiger partial charge in [0.25, 0.3) is 0 Å². The highest BCUT2D eigenvalue weighted by atomic mass is 32.1. The molecule has 0 radical (unpaired) electrons.